The van der Waals surface area contributed by atoms with Crippen LogP contribution in [0.2, 0.25) is 0 Å². The predicted octanol–water partition coefficient (Wildman–Crippen LogP) is 2.42. The molecule has 1 aliphatic rings. The Labute approximate surface area is 130 Å². The average Bonchev–Trinajstić information content (AvgIpc) is 3.21. The van der Waals surface area contributed by atoms with Crippen LogP contribution in [0.25, 0.3) is 0 Å². The Hall–Kier alpha value is -0.630. The van der Waals surface area contributed by atoms with Gasteiger partial charge in [0.05, 0.1) is 9.79 Å². The van der Waals surface area contributed by atoms with Crippen molar-refractivity contribution in [2.45, 2.75) is 36.0 Å². The van der Waals surface area contributed by atoms with E-state index in [0.29, 0.717) is 19.0 Å². The van der Waals surface area contributed by atoms with Gasteiger partial charge in [-0.25, -0.2) is 16.8 Å². The molecule has 1 saturated carbocycles. The summed E-state index contributed by atoms with van der Waals surface area (Å²) < 4.78 is 49.0. The fourth-order valence-electron chi connectivity index (χ4n) is 2.07. The quantitative estimate of drug-likeness (QED) is 0.707. The molecule has 118 valence electrons. The van der Waals surface area contributed by atoms with Gasteiger partial charge in [0, 0.05) is 23.8 Å². The van der Waals surface area contributed by atoms with E-state index in [9.17, 15) is 16.8 Å². The summed E-state index contributed by atoms with van der Waals surface area (Å²) in [4.78, 5) is -0.00647. The first kappa shape index (κ1) is 16.7. The average molecular weight is 352 g/mol. The predicted molar refractivity (Wildman–Crippen MR) is 81.3 cm³/mol. The van der Waals surface area contributed by atoms with Crippen molar-refractivity contribution in [3.05, 3.63) is 24.3 Å². The smallest absolute Gasteiger partial charge is 0.207 e. The largest absolute Gasteiger partial charge is 0.261 e. The summed E-state index contributed by atoms with van der Waals surface area (Å²) in [6.45, 7) is 2.93. The van der Waals surface area contributed by atoms with E-state index in [1.807, 2.05) is 6.92 Å². The minimum absolute atomic E-state index is 0.0978. The van der Waals surface area contributed by atoms with Crippen LogP contribution in [-0.4, -0.2) is 34.2 Å². The highest BCUT2D eigenvalue weighted by Crippen LogP contribution is 2.32. The lowest BCUT2D eigenvalue weighted by Gasteiger charge is -2.21. The molecule has 0 saturated heterocycles. The van der Waals surface area contributed by atoms with Crippen LogP contribution in [0.3, 0.4) is 0 Å². The molecule has 0 radical (unpaired) electrons. The normalized spacial score (nSPS) is 16.3. The molecule has 0 heterocycles. The topological polar surface area (TPSA) is 71.5 Å². The number of nitrogens with zero attached hydrogens (tertiary/aromatic N) is 1. The van der Waals surface area contributed by atoms with E-state index in [-0.39, 0.29) is 9.79 Å². The maximum Gasteiger partial charge on any atom is 0.261 e. The summed E-state index contributed by atoms with van der Waals surface area (Å²) in [5, 5.41) is 0. The Morgan fingerprint density at radius 1 is 1.10 bits per heavy atom. The van der Waals surface area contributed by atoms with E-state index in [2.05, 4.69) is 0 Å². The van der Waals surface area contributed by atoms with Crippen LogP contribution in [0, 0.1) is 5.92 Å². The number of sulfonamides is 1. The van der Waals surface area contributed by atoms with Gasteiger partial charge >= 0.3 is 0 Å². The Balaban J connectivity index is 2.28. The van der Waals surface area contributed by atoms with Gasteiger partial charge in [-0.05, 0) is 49.4 Å². The van der Waals surface area contributed by atoms with E-state index in [4.69, 9.17) is 10.7 Å². The Bertz CT molecular complexity index is 694. The molecule has 1 aliphatic carbocycles. The van der Waals surface area contributed by atoms with E-state index in [1.54, 1.807) is 0 Å². The number of rotatable bonds is 7. The molecule has 1 fully saturated rings. The van der Waals surface area contributed by atoms with Crippen LogP contribution in [0.15, 0.2) is 34.1 Å². The van der Waals surface area contributed by atoms with Crippen molar-refractivity contribution < 1.29 is 16.8 Å². The molecule has 0 aliphatic heterocycles. The van der Waals surface area contributed by atoms with E-state index >= 15 is 0 Å². The molecule has 0 aromatic heterocycles. The van der Waals surface area contributed by atoms with Gasteiger partial charge in [0.2, 0.25) is 10.0 Å². The summed E-state index contributed by atoms with van der Waals surface area (Å²) in [6.07, 6.45) is 2.87. The first-order chi connectivity index (χ1) is 9.75. The van der Waals surface area contributed by atoms with Crippen LogP contribution in [0.1, 0.15) is 26.2 Å². The molecule has 0 unspecified atom stereocenters. The van der Waals surface area contributed by atoms with Gasteiger partial charge in [-0.2, -0.15) is 4.31 Å². The first-order valence-electron chi connectivity index (χ1n) is 6.80. The van der Waals surface area contributed by atoms with Crippen molar-refractivity contribution in [3.8, 4) is 0 Å². The molecule has 1 aromatic rings. The molecular weight excluding hydrogens is 334 g/mol. The highest BCUT2D eigenvalue weighted by Gasteiger charge is 2.31. The third-order valence-corrected chi connectivity index (χ3v) is 6.62. The van der Waals surface area contributed by atoms with E-state index < -0.39 is 19.1 Å². The van der Waals surface area contributed by atoms with Crippen molar-refractivity contribution in [3.63, 3.8) is 0 Å². The Morgan fingerprint density at radius 2 is 1.62 bits per heavy atom. The zero-order valence-corrected chi connectivity index (χ0v) is 14.1. The highest BCUT2D eigenvalue weighted by atomic mass is 35.7. The lowest BCUT2D eigenvalue weighted by Crippen LogP contribution is -2.33. The molecule has 0 N–H and O–H groups in total. The van der Waals surface area contributed by atoms with Crippen LogP contribution in [0.4, 0.5) is 0 Å². The molecule has 1 aromatic carbocycles. The zero-order chi connectivity index (χ0) is 15.7. The van der Waals surface area contributed by atoms with Gasteiger partial charge in [-0.15, -0.1) is 0 Å². The van der Waals surface area contributed by atoms with Crippen LogP contribution in [-0.2, 0) is 19.1 Å². The summed E-state index contributed by atoms with van der Waals surface area (Å²) in [7, 11) is -2.20. The van der Waals surface area contributed by atoms with Gasteiger partial charge in [0.25, 0.3) is 9.05 Å². The molecule has 21 heavy (non-hydrogen) atoms. The third-order valence-electron chi connectivity index (χ3n) is 3.37. The summed E-state index contributed by atoms with van der Waals surface area (Å²) in [5.74, 6) is 0.453. The van der Waals surface area contributed by atoms with Crippen molar-refractivity contribution in [2.75, 3.05) is 13.1 Å². The fraction of sp³-hybridized carbons (Fsp3) is 0.538. The molecule has 0 atom stereocenters. The van der Waals surface area contributed by atoms with Crippen molar-refractivity contribution in [1.29, 1.82) is 0 Å². The van der Waals surface area contributed by atoms with Gasteiger partial charge in [-0.3, -0.25) is 0 Å². The fourth-order valence-corrected chi connectivity index (χ4v) is 4.45. The Kier molecular flexibility index (Phi) is 4.97. The third kappa shape index (κ3) is 4.18. The van der Waals surface area contributed by atoms with Crippen LogP contribution < -0.4 is 0 Å². The van der Waals surface area contributed by atoms with E-state index in [0.717, 1.165) is 19.3 Å². The maximum absolute atomic E-state index is 12.6. The highest BCUT2D eigenvalue weighted by molar-refractivity contribution is 8.13. The van der Waals surface area contributed by atoms with E-state index in [1.165, 1.54) is 28.6 Å². The SMILES string of the molecule is CCCN(CC1CC1)S(=O)(=O)c1ccc(S(=O)(=O)Cl)cc1. The van der Waals surface area contributed by atoms with Crippen LogP contribution in [0.5, 0.6) is 0 Å². The molecule has 2 rings (SSSR count). The number of hydrogen-bond donors (Lipinski definition) is 0. The molecule has 0 spiro atoms. The number of benzene rings is 1. The Morgan fingerprint density at radius 3 is 2.05 bits per heavy atom. The van der Waals surface area contributed by atoms with Gasteiger partial charge in [-0.1, -0.05) is 6.92 Å². The standard InChI is InChI=1S/C13H18ClNO4S2/c1-2-9-15(10-11-3-4-11)21(18,19)13-7-5-12(6-8-13)20(14,16)17/h5-8,11H,2-4,9-10H2,1H3. The molecular formula is C13H18ClNO4S2. The molecule has 0 amide bonds. The monoisotopic (exact) mass is 351 g/mol. The molecule has 0 bridgehead atoms. The second-order valence-electron chi connectivity index (χ2n) is 5.22. The second kappa shape index (κ2) is 6.24. The molecule has 5 nitrogen and oxygen atoms in total. The zero-order valence-electron chi connectivity index (χ0n) is 11.7. The van der Waals surface area contributed by atoms with Crippen LogP contribution >= 0.6 is 10.7 Å². The first-order valence-corrected chi connectivity index (χ1v) is 10.5. The van der Waals surface area contributed by atoms with Gasteiger partial charge in [0.15, 0.2) is 0 Å². The lowest BCUT2D eigenvalue weighted by atomic mass is 10.4. The summed E-state index contributed by atoms with van der Waals surface area (Å²) in [5.41, 5.74) is 0. The minimum atomic E-state index is -3.84. The number of hydrogen-bond acceptors (Lipinski definition) is 4. The van der Waals surface area contributed by atoms with Crippen molar-refractivity contribution in [2.24, 2.45) is 5.92 Å². The second-order valence-corrected chi connectivity index (χ2v) is 9.72. The summed E-state index contributed by atoms with van der Waals surface area (Å²) in [6, 6.07) is 5.02. The van der Waals surface area contributed by atoms with Gasteiger partial charge < -0.3 is 0 Å². The lowest BCUT2D eigenvalue weighted by molar-refractivity contribution is 0.395. The maximum atomic E-state index is 12.6. The van der Waals surface area contributed by atoms with Gasteiger partial charge in [0.1, 0.15) is 0 Å². The summed E-state index contributed by atoms with van der Waals surface area (Å²) >= 11 is 0. The number of halogens is 1. The molecule has 8 heteroatoms. The van der Waals surface area contributed by atoms with Crippen molar-refractivity contribution >= 4 is 29.8 Å². The van der Waals surface area contributed by atoms with Crippen molar-refractivity contribution in [1.82, 2.24) is 4.31 Å². The minimum Gasteiger partial charge on any atom is -0.207 e.